The van der Waals surface area contributed by atoms with E-state index in [9.17, 15) is 29.4 Å². The zero-order valence-corrected chi connectivity index (χ0v) is 35.7. The molecule has 16 heteroatoms. The van der Waals surface area contributed by atoms with Gasteiger partial charge in [0.15, 0.2) is 11.5 Å². The van der Waals surface area contributed by atoms with Crippen LogP contribution in [0.4, 0.5) is 0 Å². The van der Waals surface area contributed by atoms with Gasteiger partial charge >= 0.3 is 11.9 Å². The summed E-state index contributed by atoms with van der Waals surface area (Å²) in [5, 5.41) is 17.3. The molecule has 2 unspecified atom stereocenters. The number of carbonyl (C=O) groups is 3. The maximum atomic E-state index is 12.0. The highest BCUT2D eigenvalue weighted by molar-refractivity contribution is 8.02. The number of rotatable bonds is 24. The van der Waals surface area contributed by atoms with Crippen molar-refractivity contribution in [1.29, 1.82) is 0 Å². The number of amides is 1. The van der Waals surface area contributed by atoms with Gasteiger partial charge in [-0.05, 0) is 84.7 Å². The van der Waals surface area contributed by atoms with Crippen LogP contribution in [0.15, 0.2) is 102 Å². The zero-order chi connectivity index (χ0) is 43.7. The van der Waals surface area contributed by atoms with Crippen LogP contribution in [0.1, 0.15) is 76.5 Å². The molecule has 59 heavy (non-hydrogen) atoms. The van der Waals surface area contributed by atoms with Gasteiger partial charge in [0.1, 0.15) is 31.4 Å². The number of carbonyl (C=O) groups excluding carboxylic acids is 3. The summed E-state index contributed by atoms with van der Waals surface area (Å²) in [6.07, 6.45) is 15.1. The van der Waals surface area contributed by atoms with Crippen LogP contribution >= 0.6 is 23.4 Å². The first-order valence-electron chi connectivity index (χ1n) is 18.9. The van der Waals surface area contributed by atoms with E-state index in [1.165, 1.54) is 44.6 Å². The number of thioether (sulfide) groups is 1. The molecule has 0 aromatic heterocycles. The second kappa shape index (κ2) is 32.3. The second-order valence-electron chi connectivity index (χ2n) is 12.2. The highest BCUT2D eigenvalue weighted by Crippen LogP contribution is 2.29. The van der Waals surface area contributed by atoms with Crippen molar-refractivity contribution < 1.29 is 43.3 Å². The summed E-state index contributed by atoms with van der Waals surface area (Å²) in [7, 11) is 1.40. The molecule has 3 aromatic carbocycles. The molecule has 0 fully saturated rings. The van der Waals surface area contributed by atoms with Gasteiger partial charge in [-0.2, -0.15) is 4.91 Å². The Balaban J connectivity index is 0.000000546. The van der Waals surface area contributed by atoms with Gasteiger partial charge in [-0.15, -0.1) is 10.1 Å². The molecule has 0 radical (unpaired) electrons. The fourth-order valence-electron chi connectivity index (χ4n) is 4.72. The number of nitroso groups, excluding NO2 is 1. The number of methoxy groups -OCH3 is 1. The van der Waals surface area contributed by atoms with Gasteiger partial charge in [-0.3, -0.25) is 4.79 Å². The first-order valence-corrected chi connectivity index (χ1v) is 20.3. The van der Waals surface area contributed by atoms with Crippen LogP contribution in [-0.4, -0.2) is 49.1 Å². The van der Waals surface area contributed by atoms with E-state index >= 15 is 0 Å². The Hall–Kier alpha value is -5.67. The normalized spacial score (nSPS) is 11.6. The summed E-state index contributed by atoms with van der Waals surface area (Å²) in [5.41, 5.74) is 1.91. The van der Waals surface area contributed by atoms with Crippen molar-refractivity contribution in [2.75, 3.05) is 19.6 Å². The number of esters is 2. The van der Waals surface area contributed by atoms with Crippen LogP contribution in [0, 0.1) is 20.9 Å². The van der Waals surface area contributed by atoms with Crippen LogP contribution in [0.5, 0.6) is 17.2 Å². The number of benzene rings is 3. The summed E-state index contributed by atoms with van der Waals surface area (Å²) in [5.74, 6) is 0.653. The number of halogens is 1. The summed E-state index contributed by atoms with van der Waals surface area (Å²) in [6.45, 7) is 7.90. The summed E-state index contributed by atoms with van der Waals surface area (Å²) in [6, 6.07) is 18.5. The van der Waals surface area contributed by atoms with Gasteiger partial charge < -0.3 is 29.1 Å². The summed E-state index contributed by atoms with van der Waals surface area (Å²) >= 11 is 7.42. The highest BCUT2D eigenvalue weighted by atomic mass is 35.5. The molecule has 0 aliphatic carbocycles. The number of allylic oxidation sites excluding steroid dienone is 2. The molecule has 2 atom stereocenters. The van der Waals surface area contributed by atoms with Gasteiger partial charge in [-0.25, -0.2) is 9.59 Å². The molecule has 0 heterocycles. The monoisotopic (exact) mass is 855 g/mol. The minimum absolute atomic E-state index is 0.0204. The molecule has 0 aliphatic heterocycles. The zero-order valence-electron chi connectivity index (χ0n) is 34.1. The highest BCUT2D eigenvalue weighted by Gasteiger charge is 2.16. The molecule has 0 bridgehead atoms. The van der Waals surface area contributed by atoms with Crippen LogP contribution in [0.2, 0.25) is 5.02 Å². The summed E-state index contributed by atoms with van der Waals surface area (Å²) in [4.78, 5) is 59.0. The van der Waals surface area contributed by atoms with Crippen LogP contribution < -0.4 is 19.5 Å². The maximum Gasteiger partial charge on any atom is 0.331 e. The van der Waals surface area contributed by atoms with Crippen molar-refractivity contribution in [3.8, 4) is 17.2 Å². The van der Waals surface area contributed by atoms with Crippen molar-refractivity contribution >= 4 is 47.8 Å². The fraction of sp³-hybridized carbons (Fsp3) is 0.372. The predicted octanol–water partition coefficient (Wildman–Crippen LogP) is 10.1. The molecule has 1 N–H and O–H groups in total. The third-order valence-corrected chi connectivity index (χ3v) is 8.72. The van der Waals surface area contributed by atoms with Crippen molar-refractivity contribution in [3.05, 3.63) is 133 Å². The Labute approximate surface area is 355 Å². The molecule has 3 rings (SSSR count). The van der Waals surface area contributed by atoms with E-state index in [4.69, 9.17) is 30.5 Å². The number of nitrogens with one attached hydrogen (secondary N) is 1. The Morgan fingerprint density at radius 3 is 2.32 bits per heavy atom. The second-order valence-corrected chi connectivity index (χ2v) is 13.5. The lowest BCUT2D eigenvalue weighted by atomic mass is 9.96. The van der Waals surface area contributed by atoms with Gasteiger partial charge in [-0.1, -0.05) is 117 Å². The maximum absolute atomic E-state index is 12.0. The lowest BCUT2D eigenvalue weighted by molar-refractivity contribution is -0.763. The van der Waals surface area contributed by atoms with E-state index in [0.29, 0.717) is 34.1 Å². The van der Waals surface area contributed by atoms with Crippen LogP contribution in [0.25, 0.3) is 6.08 Å². The Morgan fingerprint density at radius 1 is 1.00 bits per heavy atom. The average Bonchev–Trinajstić information content (AvgIpc) is 3.24. The molecular weight excluding hydrogens is 802 g/mol. The van der Waals surface area contributed by atoms with Crippen molar-refractivity contribution in [1.82, 2.24) is 5.32 Å². The Kier molecular flexibility index (Phi) is 28.1. The number of hydrogen-bond donors (Lipinski definition) is 1. The van der Waals surface area contributed by atoms with E-state index in [1.807, 2.05) is 36.6 Å². The molecule has 0 saturated carbocycles. The molecule has 0 saturated heterocycles. The molecular formula is C43H54ClN3O11S. The van der Waals surface area contributed by atoms with E-state index < -0.39 is 17.0 Å². The fourth-order valence-corrected chi connectivity index (χ4v) is 5.49. The topological polar surface area (TPSA) is 182 Å². The Bertz CT molecular complexity index is 1790. The van der Waals surface area contributed by atoms with Crippen molar-refractivity contribution in [2.24, 2.45) is 11.1 Å². The number of ether oxygens (including phenoxy) is 4. The van der Waals surface area contributed by atoms with Crippen LogP contribution in [0.3, 0.4) is 0 Å². The number of unbranched alkanes of at least 4 members (excludes halogenated alkanes) is 2. The molecule has 1 amide bonds. The van der Waals surface area contributed by atoms with Crippen LogP contribution in [-0.2, 0) is 37.2 Å². The summed E-state index contributed by atoms with van der Waals surface area (Å²) < 4.78 is 21.0. The van der Waals surface area contributed by atoms with Gasteiger partial charge in [0.05, 0.1) is 13.2 Å². The van der Waals surface area contributed by atoms with Gasteiger partial charge in [0, 0.05) is 17.0 Å². The molecule has 3 aromatic rings. The minimum Gasteiger partial charge on any atom is -0.493 e. The lowest BCUT2D eigenvalue weighted by Gasteiger charge is -2.14. The molecule has 320 valence electrons. The minimum atomic E-state index is -0.870. The first kappa shape index (κ1) is 51.3. The third-order valence-electron chi connectivity index (χ3n) is 7.88. The molecule has 14 nitrogen and oxygen atoms in total. The molecule has 0 spiro atoms. The van der Waals surface area contributed by atoms with E-state index in [1.54, 1.807) is 54.2 Å². The Morgan fingerprint density at radius 2 is 1.73 bits per heavy atom. The standard InChI is InChI=1S/C21H20N2O9.C15H20ClNO2S.C7H14/c1-29-19-10-15(6-8-18(19)32-21(26)11-22-14-24)7-9-20(25)30-12-16-2-4-17(5-3-16)13-31-23(27)28;1-3-12(15(4-2)17-18)8-9-20-11-19-14-7-5-6-13(16)10-14;1-3-5-7-6-4-2/h2-10,14H,11-13H2,1H3,(H,22,24);5-10,12,15H,3-4,11H2,1-2H3;3,5H,4,6-7H2,1-2H3/b9-7+;9-8+;5-3-. The molecule has 0 aliphatic rings. The quantitative estimate of drug-likeness (QED) is 0.00861. The van der Waals surface area contributed by atoms with E-state index in [0.717, 1.165) is 18.6 Å². The average molecular weight is 856 g/mol. The predicted molar refractivity (Wildman–Crippen MR) is 231 cm³/mol. The van der Waals surface area contributed by atoms with Crippen molar-refractivity contribution in [3.63, 3.8) is 0 Å². The van der Waals surface area contributed by atoms with Crippen molar-refractivity contribution in [2.45, 2.75) is 79.1 Å². The number of hydrogen-bond acceptors (Lipinski definition) is 13. The van der Waals surface area contributed by atoms with Gasteiger partial charge in [0.2, 0.25) is 6.41 Å². The SMILES string of the molecule is C/C=C\CCCC.CCC(/C=C/SCOc1cccc(Cl)c1)C(CC)N=O.COc1cc(/C=C/C(=O)OCc2ccc(CO[N+](=O)[O-])cc2)ccc1OC(=O)CNC=O. The lowest BCUT2D eigenvalue weighted by Crippen LogP contribution is -2.25. The third kappa shape index (κ3) is 24.0. The van der Waals surface area contributed by atoms with E-state index in [2.05, 4.69) is 48.3 Å². The number of nitrogens with zero attached hydrogens (tertiary/aromatic N) is 2. The van der Waals surface area contributed by atoms with E-state index in [-0.39, 0.29) is 43.2 Å². The smallest absolute Gasteiger partial charge is 0.331 e. The largest absolute Gasteiger partial charge is 0.493 e. The van der Waals surface area contributed by atoms with Gasteiger partial charge in [0.25, 0.3) is 5.09 Å². The first-order chi connectivity index (χ1) is 28.5.